The minimum Gasteiger partial charge on any atom is -0.344 e. The highest BCUT2D eigenvalue weighted by molar-refractivity contribution is 6.04. The van der Waals surface area contributed by atoms with Crippen LogP contribution in [0.5, 0.6) is 0 Å². The summed E-state index contributed by atoms with van der Waals surface area (Å²) in [5.41, 5.74) is 0. The van der Waals surface area contributed by atoms with Crippen LogP contribution < -0.4 is 10.6 Å². The number of carbonyl (C=O) groups is 4. The van der Waals surface area contributed by atoms with Gasteiger partial charge in [0.05, 0.1) is 12.6 Å². The summed E-state index contributed by atoms with van der Waals surface area (Å²) in [6, 6.07) is -1.18. The Morgan fingerprint density at radius 3 is 2.39 bits per heavy atom. The number of urea groups is 1. The number of carbonyl (C=O) groups excluding carboxylic acids is 4. The topological polar surface area (TPSA) is 95.6 Å². The van der Waals surface area contributed by atoms with Gasteiger partial charge in [-0.05, 0) is 12.8 Å². The molecule has 1 heterocycles. The molecule has 4 amide bonds. The number of nitrogens with zero attached hydrogens (tertiary/aromatic N) is 1. The van der Waals surface area contributed by atoms with E-state index in [1.54, 1.807) is 13.8 Å². The van der Waals surface area contributed by atoms with Crippen molar-refractivity contribution in [3.8, 4) is 0 Å². The minimum absolute atomic E-state index is 0.0467. The summed E-state index contributed by atoms with van der Waals surface area (Å²) in [4.78, 5) is 46.3. The predicted molar refractivity (Wildman–Crippen MR) is 62.6 cm³/mol. The lowest BCUT2D eigenvalue weighted by Gasteiger charge is -2.20. The van der Waals surface area contributed by atoms with E-state index in [4.69, 9.17) is 0 Å². The molecule has 0 bridgehead atoms. The molecule has 7 nitrogen and oxygen atoms in total. The second-order valence-corrected chi connectivity index (χ2v) is 4.54. The molecule has 0 aliphatic carbocycles. The zero-order valence-electron chi connectivity index (χ0n) is 10.6. The lowest BCUT2D eigenvalue weighted by molar-refractivity contribution is -0.132. The van der Waals surface area contributed by atoms with Crippen molar-refractivity contribution in [3.63, 3.8) is 0 Å². The van der Waals surface area contributed by atoms with E-state index in [9.17, 15) is 19.2 Å². The number of ketones is 1. The minimum atomic E-state index is -0.599. The maximum Gasteiger partial charge on any atom is 0.325 e. The predicted octanol–water partition coefficient (Wildman–Crippen LogP) is -0.732. The number of hydrogen-bond acceptors (Lipinski definition) is 4. The van der Waals surface area contributed by atoms with Crippen molar-refractivity contribution in [2.24, 2.45) is 5.92 Å². The van der Waals surface area contributed by atoms with Gasteiger partial charge in [-0.3, -0.25) is 19.3 Å². The van der Waals surface area contributed by atoms with Crippen molar-refractivity contribution in [2.75, 3.05) is 13.1 Å². The second-order valence-electron chi connectivity index (χ2n) is 4.54. The molecule has 1 rings (SSSR count). The molecule has 100 valence electrons. The number of Topliss-reactive ketones (excluding diaryl/α,β-unsaturated/α-hetero) is 1. The van der Waals surface area contributed by atoms with Gasteiger partial charge in [0.25, 0.3) is 5.91 Å². The number of amides is 4. The van der Waals surface area contributed by atoms with E-state index in [1.807, 2.05) is 0 Å². The smallest absolute Gasteiger partial charge is 0.325 e. The third kappa shape index (κ3) is 3.28. The van der Waals surface area contributed by atoms with Crippen LogP contribution in [-0.2, 0) is 14.4 Å². The average molecular weight is 255 g/mol. The van der Waals surface area contributed by atoms with E-state index in [2.05, 4.69) is 10.6 Å². The molecule has 18 heavy (non-hydrogen) atoms. The summed E-state index contributed by atoms with van der Waals surface area (Å²) in [6.45, 7) is 4.55. The Morgan fingerprint density at radius 2 is 2.00 bits per heavy atom. The van der Waals surface area contributed by atoms with Gasteiger partial charge < -0.3 is 10.6 Å². The number of rotatable bonds is 5. The van der Waals surface area contributed by atoms with E-state index in [0.29, 0.717) is 0 Å². The maximum absolute atomic E-state index is 11.7. The van der Waals surface area contributed by atoms with Gasteiger partial charge in [-0.1, -0.05) is 13.8 Å². The fourth-order valence-electron chi connectivity index (χ4n) is 1.72. The van der Waals surface area contributed by atoms with E-state index in [0.717, 1.165) is 4.90 Å². The van der Waals surface area contributed by atoms with Crippen molar-refractivity contribution in [1.29, 1.82) is 0 Å². The first-order valence-corrected chi connectivity index (χ1v) is 5.71. The van der Waals surface area contributed by atoms with Crippen LogP contribution in [0.3, 0.4) is 0 Å². The summed E-state index contributed by atoms with van der Waals surface area (Å²) in [5, 5.41) is 4.84. The summed E-state index contributed by atoms with van der Waals surface area (Å²) in [5.74, 6) is -1.17. The van der Waals surface area contributed by atoms with Crippen molar-refractivity contribution in [3.05, 3.63) is 0 Å². The molecule has 1 aliphatic rings. The molecule has 2 N–H and O–H groups in total. The Labute approximate surface area is 105 Å². The van der Waals surface area contributed by atoms with Crippen molar-refractivity contribution in [2.45, 2.75) is 26.8 Å². The van der Waals surface area contributed by atoms with Gasteiger partial charge in [-0.15, -0.1) is 0 Å². The fraction of sp³-hybridized carbons (Fsp3) is 0.636. The van der Waals surface area contributed by atoms with Gasteiger partial charge in [0, 0.05) is 0 Å². The van der Waals surface area contributed by atoms with Crippen LogP contribution in [0.25, 0.3) is 0 Å². The Bertz CT molecular complexity index is 376. The largest absolute Gasteiger partial charge is 0.344 e. The second kappa shape index (κ2) is 5.61. The summed E-state index contributed by atoms with van der Waals surface area (Å²) >= 11 is 0. The molecule has 1 atom stereocenters. The normalized spacial score (nSPS) is 16.8. The maximum atomic E-state index is 11.7. The standard InChI is InChI=1S/C11H17N3O4/c1-6(2)10(7(3)15)13-8(16)5-14-9(17)4-12-11(14)18/h6,10H,4-5H2,1-3H3,(H,12,18)(H,13,16). The lowest BCUT2D eigenvalue weighted by Crippen LogP contribution is -2.48. The first-order valence-electron chi connectivity index (χ1n) is 5.71. The molecular weight excluding hydrogens is 238 g/mol. The molecule has 0 saturated carbocycles. The third-order valence-corrected chi connectivity index (χ3v) is 2.66. The highest BCUT2D eigenvalue weighted by Gasteiger charge is 2.31. The van der Waals surface area contributed by atoms with Crippen LogP contribution in [0.15, 0.2) is 0 Å². The third-order valence-electron chi connectivity index (χ3n) is 2.66. The average Bonchev–Trinajstić information content (AvgIpc) is 2.56. The van der Waals surface area contributed by atoms with Crippen molar-refractivity contribution >= 4 is 23.6 Å². The van der Waals surface area contributed by atoms with Crippen LogP contribution in [-0.4, -0.2) is 47.7 Å². The van der Waals surface area contributed by atoms with E-state index >= 15 is 0 Å². The number of imide groups is 1. The van der Waals surface area contributed by atoms with Crippen LogP contribution >= 0.6 is 0 Å². The molecule has 1 aliphatic heterocycles. The first kappa shape index (κ1) is 14.1. The monoisotopic (exact) mass is 255 g/mol. The fourth-order valence-corrected chi connectivity index (χ4v) is 1.72. The van der Waals surface area contributed by atoms with Gasteiger partial charge in [-0.2, -0.15) is 0 Å². The SMILES string of the molecule is CC(=O)C(NC(=O)CN1C(=O)CNC1=O)C(C)C. The molecule has 0 aromatic heterocycles. The van der Waals surface area contributed by atoms with Crippen LogP contribution in [0.2, 0.25) is 0 Å². The Morgan fingerprint density at radius 1 is 1.39 bits per heavy atom. The molecule has 1 fully saturated rings. The molecule has 0 spiro atoms. The van der Waals surface area contributed by atoms with E-state index in [-0.39, 0.29) is 24.8 Å². The Balaban J connectivity index is 2.58. The molecule has 7 heteroatoms. The zero-order chi connectivity index (χ0) is 13.9. The Kier molecular flexibility index (Phi) is 4.41. The molecule has 0 aromatic carbocycles. The molecule has 1 saturated heterocycles. The highest BCUT2D eigenvalue weighted by atomic mass is 16.2. The molecular formula is C11H17N3O4. The zero-order valence-corrected chi connectivity index (χ0v) is 10.6. The highest BCUT2D eigenvalue weighted by Crippen LogP contribution is 2.04. The summed E-state index contributed by atoms with van der Waals surface area (Å²) < 4.78 is 0. The Hall–Kier alpha value is -1.92. The van der Waals surface area contributed by atoms with E-state index < -0.39 is 23.9 Å². The van der Waals surface area contributed by atoms with Crippen molar-refractivity contribution < 1.29 is 19.2 Å². The van der Waals surface area contributed by atoms with Crippen LogP contribution in [0.1, 0.15) is 20.8 Å². The van der Waals surface area contributed by atoms with Gasteiger partial charge in [0.2, 0.25) is 5.91 Å². The molecule has 1 unspecified atom stereocenters. The van der Waals surface area contributed by atoms with Crippen molar-refractivity contribution in [1.82, 2.24) is 15.5 Å². The quantitative estimate of drug-likeness (QED) is 0.633. The molecule has 0 radical (unpaired) electrons. The molecule has 0 aromatic rings. The number of hydrogen-bond donors (Lipinski definition) is 2. The van der Waals surface area contributed by atoms with Gasteiger partial charge in [-0.25, -0.2) is 4.79 Å². The lowest BCUT2D eigenvalue weighted by atomic mass is 10.0. The summed E-state index contributed by atoms with van der Waals surface area (Å²) in [7, 11) is 0. The van der Waals surface area contributed by atoms with Crippen LogP contribution in [0.4, 0.5) is 4.79 Å². The van der Waals surface area contributed by atoms with Gasteiger partial charge in [0.1, 0.15) is 6.54 Å². The number of nitrogens with one attached hydrogen (secondary N) is 2. The summed E-state index contributed by atoms with van der Waals surface area (Å²) in [6.07, 6.45) is 0. The first-order chi connectivity index (χ1) is 8.32. The van der Waals surface area contributed by atoms with Gasteiger partial charge in [0.15, 0.2) is 5.78 Å². The van der Waals surface area contributed by atoms with Gasteiger partial charge >= 0.3 is 6.03 Å². The van der Waals surface area contributed by atoms with Crippen LogP contribution in [0, 0.1) is 5.92 Å². The van der Waals surface area contributed by atoms with E-state index in [1.165, 1.54) is 6.92 Å².